The maximum atomic E-state index is 8.84. The number of para-hydroxylation sites is 1. The lowest BCUT2D eigenvalue weighted by Gasteiger charge is -2.08. The molecule has 0 fully saturated rings. The first-order chi connectivity index (χ1) is 13.9. The predicted molar refractivity (Wildman–Crippen MR) is 112 cm³/mol. The van der Waals surface area contributed by atoms with Crippen LogP contribution in [-0.2, 0) is 0 Å². The molecule has 6 heteroatoms. The van der Waals surface area contributed by atoms with Gasteiger partial charge in [-0.25, -0.2) is 4.99 Å². The molecule has 0 saturated heterocycles. The second-order valence-electron chi connectivity index (χ2n) is 6.47. The Kier molecular flexibility index (Phi) is 10.7. The summed E-state index contributed by atoms with van der Waals surface area (Å²) in [6.45, 7) is 1.59. The van der Waals surface area contributed by atoms with E-state index in [2.05, 4.69) is 20.6 Å². The molecule has 0 aliphatic carbocycles. The maximum absolute atomic E-state index is 8.84. The minimum atomic E-state index is 0.479. The molecule has 1 heterocycles. The zero-order valence-corrected chi connectivity index (χ0v) is 16.3. The zero-order chi connectivity index (χ0) is 19.7. The number of nitrogens with one attached hydrogen (secondary N) is 2. The smallest absolute Gasteiger partial charge is 0.209 e. The van der Waals surface area contributed by atoms with Gasteiger partial charge in [0.25, 0.3) is 0 Å². The van der Waals surface area contributed by atoms with Crippen molar-refractivity contribution in [2.75, 3.05) is 13.2 Å². The zero-order valence-electron chi connectivity index (χ0n) is 16.3. The number of unbranched alkanes of at least 4 members (excludes halogenated alkanes) is 6. The van der Waals surface area contributed by atoms with Gasteiger partial charge in [-0.05, 0) is 37.1 Å². The molecule has 0 amide bonds. The monoisotopic (exact) mass is 379 g/mol. The van der Waals surface area contributed by atoms with Crippen molar-refractivity contribution in [3.63, 3.8) is 0 Å². The van der Waals surface area contributed by atoms with Crippen LogP contribution in [0.5, 0.6) is 5.75 Å². The molecule has 1 aromatic heterocycles. The summed E-state index contributed by atoms with van der Waals surface area (Å²) in [6.07, 6.45) is 13.5. The van der Waals surface area contributed by atoms with Crippen LogP contribution in [0, 0.1) is 11.5 Å². The van der Waals surface area contributed by atoms with Gasteiger partial charge in [-0.2, -0.15) is 5.26 Å². The number of pyridine rings is 1. The molecule has 2 rings (SSSR count). The number of hydrogen-bond acceptors (Lipinski definition) is 4. The van der Waals surface area contributed by atoms with E-state index in [1.54, 1.807) is 24.5 Å². The summed E-state index contributed by atoms with van der Waals surface area (Å²) in [7, 11) is 0. The van der Waals surface area contributed by atoms with Crippen molar-refractivity contribution in [1.82, 2.24) is 15.6 Å². The van der Waals surface area contributed by atoms with E-state index in [0.29, 0.717) is 5.96 Å². The number of rotatable bonds is 12. The van der Waals surface area contributed by atoms with Crippen LogP contribution in [0.2, 0.25) is 0 Å². The number of aromatic nitrogens is 1. The molecule has 0 radical (unpaired) electrons. The van der Waals surface area contributed by atoms with E-state index in [1.807, 2.05) is 36.5 Å². The fourth-order valence-electron chi connectivity index (χ4n) is 2.74. The quantitative estimate of drug-likeness (QED) is 0.186. The third-order valence-corrected chi connectivity index (χ3v) is 4.20. The van der Waals surface area contributed by atoms with E-state index in [-0.39, 0.29) is 0 Å². The molecule has 2 N–H and O–H groups in total. The largest absolute Gasteiger partial charge is 0.494 e. The van der Waals surface area contributed by atoms with Crippen molar-refractivity contribution >= 4 is 11.6 Å². The van der Waals surface area contributed by atoms with Crippen LogP contribution in [0.1, 0.15) is 44.9 Å². The summed E-state index contributed by atoms with van der Waals surface area (Å²) >= 11 is 0. The Hall–Kier alpha value is -3.07. The summed E-state index contributed by atoms with van der Waals surface area (Å²) < 4.78 is 5.70. The van der Waals surface area contributed by atoms with Gasteiger partial charge < -0.3 is 10.1 Å². The van der Waals surface area contributed by atoms with Crippen LogP contribution >= 0.6 is 0 Å². The second kappa shape index (κ2) is 14.0. The lowest BCUT2D eigenvalue weighted by molar-refractivity contribution is 0.304. The Bertz CT molecular complexity index is 713. The van der Waals surface area contributed by atoms with Gasteiger partial charge in [0, 0.05) is 18.9 Å². The number of nitriles is 1. The molecule has 148 valence electrons. The highest BCUT2D eigenvalue weighted by Gasteiger charge is 1.99. The molecule has 2 aromatic rings. The minimum Gasteiger partial charge on any atom is -0.494 e. The van der Waals surface area contributed by atoms with E-state index >= 15 is 0 Å². The first-order valence-electron chi connectivity index (χ1n) is 9.94. The first kappa shape index (κ1) is 21.2. The average molecular weight is 380 g/mol. The summed E-state index contributed by atoms with van der Waals surface area (Å²) in [6, 6.07) is 13.6. The topological polar surface area (TPSA) is 82.3 Å². The minimum absolute atomic E-state index is 0.479. The fourth-order valence-corrected chi connectivity index (χ4v) is 2.74. The van der Waals surface area contributed by atoms with Gasteiger partial charge in [0.05, 0.1) is 12.3 Å². The highest BCUT2D eigenvalue weighted by Crippen LogP contribution is 2.11. The van der Waals surface area contributed by atoms with E-state index in [0.717, 1.165) is 37.4 Å². The number of nitrogens with zero attached hydrogens (tertiary/aromatic N) is 3. The molecule has 0 aliphatic rings. The van der Waals surface area contributed by atoms with Crippen molar-refractivity contribution in [3.05, 3.63) is 54.9 Å². The molecule has 6 nitrogen and oxygen atoms in total. The van der Waals surface area contributed by atoms with Gasteiger partial charge in [0.1, 0.15) is 5.75 Å². The Morgan fingerprint density at radius 1 is 0.929 bits per heavy atom. The van der Waals surface area contributed by atoms with Crippen LogP contribution in [0.25, 0.3) is 0 Å². The lowest BCUT2D eigenvalue weighted by Crippen LogP contribution is -2.34. The van der Waals surface area contributed by atoms with Crippen LogP contribution < -0.4 is 15.4 Å². The summed E-state index contributed by atoms with van der Waals surface area (Å²) in [5.74, 6) is 1.43. The van der Waals surface area contributed by atoms with Crippen LogP contribution in [0.15, 0.2) is 59.9 Å². The lowest BCUT2D eigenvalue weighted by atomic mass is 10.1. The summed E-state index contributed by atoms with van der Waals surface area (Å²) in [5.41, 5.74) is 0.761. The third-order valence-electron chi connectivity index (χ3n) is 4.20. The Labute approximate surface area is 167 Å². The van der Waals surface area contributed by atoms with Crippen LogP contribution in [-0.4, -0.2) is 24.1 Å². The predicted octanol–water partition coefficient (Wildman–Crippen LogP) is 4.54. The molecular formula is C22H29N5O. The number of benzene rings is 1. The fraction of sp³-hybridized carbons (Fsp3) is 0.409. The Morgan fingerprint density at radius 2 is 1.61 bits per heavy atom. The number of aliphatic imine (C=N–C) groups is 1. The van der Waals surface area contributed by atoms with Gasteiger partial charge >= 0.3 is 0 Å². The summed E-state index contributed by atoms with van der Waals surface area (Å²) in [4.78, 5) is 8.32. The highest BCUT2D eigenvalue weighted by molar-refractivity contribution is 5.83. The van der Waals surface area contributed by atoms with Gasteiger partial charge in [-0.1, -0.05) is 50.3 Å². The van der Waals surface area contributed by atoms with Crippen LogP contribution in [0.4, 0.5) is 5.69 Å². The number of hydrogen-bond donors (Lipinski definition) is 2. The Morgan fingerprint density at radius 3 is 2.32 bits per heavy atom. The van der Waals surface area contributed by atoms with Gasteiger partial charge in [0.2, 0.25) is 5.96 Å². The highest BCUT2D eigenvalue weighted by atomic mass is 16.5. The van der Waals surface area contributed by atoms with E-state index < -0.39 is 0 Å². The molecule has 1 aromatic carbocycles. The van der Waals surface area contributed by atoms with Gasteiger partial charge in [0.15, 0.2) is 6.19 Å². The number of guanidine groups is 1. The van der Waals surface area contributed by atoms with Crippen molar-refractivity contribution in [2.45, 2.75) is 44.9 Å². The normalized spacial score (nSPS) is 10.9. The number of ether oxygens (including phenoxy) is 1. The second-order valence-corrected chi connectivity index (χ2v) is 6.47. The van der Waals surface area contributed by atoms with E-state index in [9.17, 15) is 0 Å². The molecule has 0 saturated carbocycles. The maximum Gasteiger partial charge on any atom is 0.209 e. The molecule has 0 atom stereocenters. The summed E-state index contributed by atoms with van der Waals surface area (Å²) in [5, 5.41) is 14.6. The van der Waals surface area contributed by atoms with E-state index in [1.165, 1.54) is 32.1 Å². The van der Waals surface area contributed by atoms with Crippen LogP contribution in [0.3, 0.4) is 0 Å². The van der Waals surface area contributed by atoms with E-state index in [4.69, 9.17) is 10.00 Å². The van der Waals surface area contributed by atoms with Crippen molar-refractivity contribution in [3.8, 4) is 11.9 Å². The molecular weight excluding hydrogens is 350 g/mol. The average Bonchev–Trinajstić information content (AvgIpc) is 2.73. The Balaban J connectivity index is 1.46. The molecule has 0 unspecified atom stereocenters. The molecule has 28 heavy (non-hydrogen) atoms. The van der Waals surface area contributed by atoms with Crippen molar-refractivity contribution in [1.29, 1.82) is 5.26 Å². The van der Waals surface area contributed by atoms with Crippen molar-refractivity contribution < 1.29 is 4.74 Å². The first-order valence-corrected chi connectivity index (χ1v) is 9.94. The third kappa shape index (κ3) is 9.58. The molecule has 0 spiro atoms. The standard InChI is InChI=1S/C22H29N5O/c23-19-26-22(27-20-13-16-24-17-14-20)25-15-9-4-2-1-3-5-10-18-28-21-11-7-6-8-12-21/h6-8,11-14,16-17H,1-5,9-10,15,18H2,(H2,24,25,26,27). The molecule has 0 bridgehead atoms. The van der Waals surface area contributed by atoms with Gasteiger partial charge in [-0.3, -0.25) is 10.3 Å². The van der Waals surface area contributed by atoms with Gasteiger partial charge in [-0.15, -0.1) is 0 Å². The van der Waals surface area contributed by atoms with Crippen molar-refractivity contribution in [2.24, 2.45) is 4.99 Å². The SMILES string of the molecule is N#CNC(=Nc1ccncc1)NCCCCCCCCCOc1ccccc1. The molecule has 0 aliphatic heterocycles.